The minimum absolute atomic E-state index is 0.0411. The van der Waals surface area contributed by atoms with E-state index in [0.29, 0.717) is 6.54 Å². The van der Waals surface area contributed by atoms with Crippen LogP contribution in [0.25, 0.3) is 0 Å². The quantitative estimate of drug-likeness (QED) is 0.838. The summed E-state index contributed by atoms with van der Waals surface area (Å²) in [5, 5.41) is 0. The van der Waals surface area contributed by atoms with Gasteiger partial charge in [-0.05, 0) is 45.9 Å². The molecule has 2 atom stereocenters. The van der Waals surface area contributed by atoms with Crippen molar-refractivity contribution in [3.63, 3.8) is 0 Å². The van der Waals surface area contributed by atoms with E-state index in [1.165, 1.54) is 11.1 Å². The predicted octanol–water partition coefficient (Wildman–Crippen LogP) is 2.18. The number of aryl methyl sites for hydroxylation is 1. The normalized spacial score (nSPS) is 14.0. The van der Waals surface area contributed by atoms with Crippen molar-refractivity contribution in [3.8, 4) is 0 Å². The van der Waals surface area contributed by atoms with Crippen LogP contribution in [0.2, 0.25) is 0 Å². The summed E-state index contributed by atoms with van der Waals surface area (Å²) < 4.78 is 0. The van der Waals surface area contributed by atoms with Gasteiger partial charge in [-0.3, -0.25) is 9.69 Å². The second kappa shape index (κ2) is 8.15. The molecule has 0 saturated heterocycles. The molecular formula is C17H29N3O. The topological polar surface area (TPSA) is 49.6 Å². The van der Waals surface area contributed by atoms with E-state index in [0.717, 1.165) is 13.1 Å². The van der Waals surface area contributed by atoms with Crippen molar-refractivity contribution in [2.75, 3.05) is 26.7 Å². The molecule has 0 fully saturated rings. The van der Waals surface area contributed by atoms with Crippen LogP contribution in [0, 0.1) is 6.92 Å². The van der Waals surface area contributed by atoms with Crippen LogP contribution in [0.4, 0.5) is 0 Å². The van der Waals surface area contributed by atoms with E-state index in [4.69, 9.17) is 5.73 Å². The van der Waals surface area contributed by atoms with Gasteiger partial charge in [-0.25, -0.2) is 0 Å². The molecule has 0 radical (unpaired) electrons. The van der Waals surface area contributed by atoms with Crippen molar-refractivity contribution < 1.29 is 4.79 Å². The Morgan fingerprint density at radius 2 is 1.81 bits per heavy atom. The Labute approximate surface area is 128 Å². The smallest absolute Gasteiger partial charge is 0.236 e. The van der Waals surface area contributed by atoms with Gasteiger partial charge in [0.2, 0.25) is 5.91 Å². The Balaban J connectivity index is 2.92. The summed E-state index contributed by atoms with van der Waals surface area (Å²) in [6.07, 6.45) is 0. The number of hydrogen-bond acceptors (Lipinski definition) is 3. The minimum atomic E-state index is -0.0411. The van der Waals surface area contributed by atoms with Crippen LogP contribution >= 0.6 is 0 Å². The number of hydrogen-bond donors (Lipinski definition) is 1. The molecule has 0 saturated carbocycles. The van der Waals surface area contributed by atoms with E-state index >= 15 is 0 Å². The van der Waals surface area contributed by atoms with Crippen molar-refractivity contribution in [2.45, 2.75) is 39.8 Å². The Morgan fingerprint density at radius 1 is 1.24 bits per heavy atom. The van der Waals surface area contributed by atoms with Crippen LogP contribution in [-0.4, -0.2) is 48.4 Å². The molecule has 1 aromatic carbocycles. The predicted molar refractivity (Wildman–Crippen MR) is 88.1 cm³/mol. The number of nitrogens with zero attached hydrogens (tertiary/aromatic N) is 2. The summed E-state index contributed by atoms with van der Waals surface area (Å²) in [5.74, 6) is 0.154. The fourth-order valence-corrected chi connectivity index (χ4v) is 2.83. The third-order valence-corrected chi connectivity index (χ3v) is 3.98. The second-order valence-electron chi connectivity index (χ2n) is 5.64. The van der Waals surface area contributed by atoms with Crippen LogP contribution in [0.1, 0.15) is 37.9 Å². The zero-order valence-electron chi connectivity index (χ0n) is 14.0. The second-order valence-corrected chi connectivity index (χ2v) is 5.64. The summed E-state index contributed by atoms with van der Waals surface area (Å²) in [4.78, 5) is 16.2. The van der Waals surface area contributed by atoms with Gasteiger partial charge in [0.25, 0.3) is 0 Å². The lowest BCUT2D eigenvalue weighted by atomic mass is 9.95. The van der Waals surface area contributed by atoms with Crippen molar-refractivity contribution in [1.82, 2.24) is 9.80 Å². The summed E-state index contributed by atoms with van der Waals surface area (Å²) in [6.45, 7) is 9.98. The number of carbonyl (C=O) groups is 1. The van der Waals surface area contributed by atoms with Crippen molar-refractivity contribution in [3.05, 3.63) is 35.4 Å². The molecule has 4 nitrogen and oxygen atoms in total. The first kappa shape index (κ1) is 17.7. The van der Waals surface area contributed by atoms with E-state index in [1.807, 2.05) is 44.9 Å². The molecule has 0 bridgehead atoms. The highest BCUT2D eigenvalue weighted by Crippen LogP contribution is 2.25. The Bertz CT molecular complexity index is 455. The van der Waals surface area contributed by atoms with Crippen LogP contribution in [0.5, 0.6) is 0 Å². The number of rotatable bonds is 7. The van der Waals surface area contributed by atoms with Gasteiger partial charge in [0, 0.05) is 19.1 Å². The van der Waals surface area contributed by atoms with Crippen LogP contribution in [0.3, 0.4) is 0 Å². The van der Waals surface area contributed by atoms with Crippen LogP contribution in [-0.2, 0) is 4.79 Å². The zero-order chi connectivity index (χ0) is 16.0. The molecule has 1 aromatic rings. The average molecular weight is 291 g/mol. The highest BCUT2D eigenvalue weighted by atomic mass is 16.2. The molecule has 0 spiro atoms. The number of carbonyl (C=O) groups excluding carboxylic acids is 1. The third kappa shape index (κ3) is 4.55. The number of amides is 1. The number of likely N-dealkylation sites (N-methyl/N-ethyl adjacent to an activating group) is 2. The van der Waals surface area contributed by atoms with Gasteiger partial charge in [-0.1, -0.05) is 24.3 Å². The van der Waals surface area contributed by atoms with Gasteiger partial charge in [-0.15, -0.1) is 0 Å². The molecule has 0 heterocycles. The van der Waals surface area contributed by atoms with Gasteiger partial charge < -0.3 is 10.6 Å². The van der Waals surface area contributed by atoms with E-state index in [1.54, 1.807) is 0 Å². The van der Waals surface area contributed by atoms with Crippen molar-refractivity contribution >= 4 is 5.91 Å². The summed E-state index contributed by atoms with van der Waals surface area (Å²) >= 11 is 0. The van der Waals surface area contributed by atoms with Crippen LogP contribution in [0.15, 0.2) is 24.3 Å². The summed E-state index contributed by atoms with van der Waals surface area (Å²) in [5.41, 5.74) is 8.60. The first-order chi connectivity index (χ1) is 9.92. The molecule has 4 heteroatoms. The largest absolute Gasteiger partial charge is 0.342 e. The van der Waals surface area contributed by atoms with Gasteiger partial charge in [-0.2, -0.15) is 0 Å². The number of benzene rings is 1. The molecule has 21 heavy (non-hydrogen) atoms. The average Bonchev–Trinajstić information content (AvgIpc) is 2.42. The molecule has 0 aliphatic rings. The fraction of sp³-hybridized carbons (Fsp3) is 0.588. The molecule has 118 valence electrons. The lowest BCUT2D eigenvalue weighted by molar-refractivity contribution is -0.132. The highest BCUT2D eigenvalue weighted by molar-refractivity contribution is 5.78. The van der Waals surface area contributed by atoms with Gasteiger partial charge in [0.15, 0.2) is 0 Å². The monoisotopic (exact) mass is 291 g/mol. The molecule has 0 aliphatic carbocycles. The first-order valence-corrected chi connectivity index (χ1v) is 7.71. The summed E-state index contributed by atoms with van der Waals surface area (Å²) in [6, 6.07) is 8.24. The van der Waals surface area contributed by atoms with Crippen LogP contribution < -0.4 is 5.73 Å². The standard InChI is InChI=1S/C17H29N3O/c1-6-20(7-2)16(21)12-19(5)17(14(4)18)15-11-9-8-10-13(15)3/h8-11,14,17H,6-7,12,18H2,1-5H3. The van der Waals surface area contributed by atoms with E-state index in [2.05, 4.69) is 24.0 Å². The summed E-state index contributed by atoms with van der Waals surface area (Å²) in [7, 11) is 1.97. The van der Waals surface area contributed by atoms with E-state index in [9.17, 15) is 4.79 Å². The molecule has 0 aliphatic heterocycles. The van der Waals surface area contributed by atoms with E-state index < -0.39 is 0 Å². The lowest BCUT2D eigenvalue weighted by Gasteiger charge is -2.33. The molecule has 1 rings (SSSR count). The minimum Gasteiger partial charge on any atom is -0.342 e. The molecule has 1 amide bonds. The van der Waals surface area contributed by atoms with Crippen molar-refractivity contribution in [1.29, 1.82) is 0 Å². The zero-order valence-corrected chi connectivity index (χ0v) is 14.0. The maximum Gasteiger partial charge on any atom is 0.236 e. The lowest BCUT2D eigenvalue weighted by Crippen LogP contribution is -2.44. The van der Waals surface area contributed by atoms with Gasteiger partial charge in [0.1, 0.15) is 0 Å². The highest BCUT2D eigenvalue weighted by Gasteiger charge is 2.25. The maximum atomic E-state index is 12.3. The fourth-order valence-electron chi connectivity index (χ4n) is 2.83. The molecule has 2 unspecified atom stereocenters. The van der Waals surface area contributed by atoms with Gasteiger partial charge in [0.05, 0.1) is 12.6 Å². The van der Waals surface area contributed by atoms with Gasteiger partial charge >= 0.3 is 0 Å². The maximum absolute atomic E-state index is 12.3. The SMILES string of the molecule is CCN(CC)C(=O)CN(C)C(c1ccccc1C)C(C)N. The molecule has 0 aromatic heterocycles. The molecular weight excluding hydrogens is 262 g/mol. The first-order valence-electron chi connectivity index (χ1n) is 7.71. The third-order valence-electron chi connectivity index (χ3n) is 3.98. The number of nitrogens with two attached hydrogens (primary N) is 1. The van der Waals surface area contributed by atoms with Crippen molar-refractivity contribution in [2.24, 2.45) is 5.73 Å². The Kier molecular flexibility index (Phi) is 6.85. The Morgan fingerprint density at radius 3 is 2.29 bits per heavy atom. The molecule has 2 N–H and O–H groups in total. The van der Waals surface area contributed by atoms with E-state index in [-0.39, 0.29) is 18.0 Å². The Hall–Kier alpha value is -1.39.